The van der Waals surface area contributed by atoms with Gasteiger partial charge in [-0.25, -0.2) is 4.79 Å². The quantitative estimate of drug-likeness (QED) is 0.668. The molecule has 23 heavy (non-hydrogen) atoms. The van der Waals surface area contributed by atoms with Gasteiger partial charge in [0.05, 0.1) is 0 Å². The third-order valence-electron chi connectivity index (χ3n) is 3.78. The summed E-state index contributed by atoms with van der Waals surface area (Å²) in [6, 6.07) is 21.9. The largest absolute Gasteiger partial charge is 0.478 e. The lowest BCUT2D eigenvalue weighted by Gasteiger charge is -2.14. The third kappa shape index (κ3) is 3.24. The van der Waals surface area contributed by atoms with E-state index in [1.54, 1.807) is 0 Å². The third-order valence-corrected chi connectivity index (χ3v) is 3.78. The number of nitrogens with one attached hydrogen (secondary N) is 1. The molecule has 0 aliphatic rings. The topological polar surface area (TPSA) is 49.3 Å². The number of fused-ring (bicyclic) bond motifs is 1. The molecule has 0 aliphatic carbocycles. The van der Waals surface area contributed by atoms with Crippen molar-refractivity contribution in [2.75, 3.05) is 5.32 Å². The summed E-state index contributed by atoms with van der Waals surface area (Å²) < 4.78 is 0. The molecule has 0 saturated heterocycles. The molecule has 0 heterocycles. The Morgan fingerprint density at radius 2 is 1.57 bits per heavy atom. The van der Waals surface area contributed by atoms with Crippen molar-refractivity contribution in [1.29, 1.82) is 0 Å². The van der Waals surface area contributed by atoms with Crippen LogP contribution in [0.15, 0.2) is 78.9 Å². The Hall–Kier alpha value is -3.07. The Kier molecular flexibility index (Phi) is 4.11. The number of anilines is 2. The molecule has 0 unspecified atom stereocenters. The molecule has 3 aromatic rings. The molecule has 0 saturated carbocycles. The average molecular weight is 303 g/mol. The van der Waals surface area contributed by atoms with Gasteiger partial charge in [-0.1, -0.05) is 61.2 Å². The average Bonchev–Trinajstić information content (AvgIpc) is 2.57. The molecule has 0 bridgehead atoms. The predicted octanol–water partition coefficient (Wildman–Crippen LogP) is 4.77. The minimum Gasteiger partial charge on any atom is -0.478 e. The lowest BCUT2D eigenvalue weighted by molar-refractivity contribution is -0.132. The summed E-state index contributed by atoms with van der Waals surface area (Å²) in [5.41, 5.74) is 2.98. The molecule has 0 amide bonds. The van der Waals surface area contributed by atoms with Gasteiger partial charge in [0.2, 0.25) is 0 Å². The smallest absolute Gasteiger partial charge is 0.331 e. The number of hydrogen-bond acceptors (Lipinski definition) is 2. The van der Waals surface area contributed by atoms with Gasteiger partial charge < -0.3 is 10.4 Å². The van der Waals surface area contributed by atoms with Crippen molar-refractivity contribution in [1.82, 2.24) is 0 Å². The maximum absolute atomic E-state index is 11.0. The van der Waals surface area contributed by atoms with Gasteiger partial charge in [-0.15, -0.1) is 0 Å². The Bertz CT molecular complexity index is 878. The van der Waals surface area contributed by atoms with Crippen molar-refractivity contribution < 1.29 is 9.90 Å². The van der Waals surface area contributed by atoms with Crippen molar-refractivity contribution in [3.05, 3.63) is 84.4 Å². The van der Waals surface area contributed by atoms with Crippen molar-refractivity contribution in [2.24, 2.45) is 0 Å². The van der Waals surface area contributed by atoms with Crippen LogP contribution in [0.25, 0.3) is 10.8 Å². The van der Waals surface area contributed by atoms with Gasteiger partial charge in [0.1, 0.15) is 0 Å². The summed E-state index contributed by atoms with van der Waals surface area (Å²) in [6.45, 7) is 3.62. The van der Waals surface area contributed by atoms with Crippen LogP contribution in [0.3, 0.4) is 0 Å². The zero-order valence-corrected chi connectivity index (χ0v) is 12.6. The van der Waals surface area contributed by atoms with E-state index in [1.165, 1.54) is 0 Å². The Balaban J connectivity index is 1.96. The summed E-state index contributed by atoms with van der Waals surface area (Å²) in [7, 11) is 0. The van der Waals surface area contributed by atoms with Crippen LogP contribution in [-0.4, -0.2) is 11.1 Å². The van der Waals surface area contributed by atoms with Crippen LogP contribution < -0.4 is 5.32 Å². The van der Waals surface area contributed by atoms with Gasteiger partial charge in [-0.3, -0.25) is 0 Å². The van der Waals surface area contributed by atoms with Crippen LogP contribution in [0.4, 0.5) is 11.4 Å². The number of para-hydroxylation sites is 1. The monoisotopic (exact) mass is 303 g/mol. The highest BCUT2D eigenvalue weighted by Crippen LogP contribution is 2.28. The molecule has 3 aromatic carbocycles. The summed E-state index contributed by atoms with van der Waals surface area (Å²) in [5.74, 6) is -0.968. The second-order valence-electron chi connectivity index (χ2n) is 5.39. The molecule has 3 nitrogen and oxygen atoms in total. The van der Waals surface area contributed by atoms with E-state index in [4.69, 9.17) is 5.11 Å². The van der Waals surface area contributed by atoms with E-state index >= 15 is 0 Å². The van der Waals surface area contributed by atoms with Crippen molar-refractivity contribution in [2.45, 2.75) is 6.42 Å². The second kappa shape index (κ2) is 6.36. The van der Waals surface area contributed by atoms with Gasteiger partial charge >= 0.3 is 5.97 Å². The van der Waals surface area contributed by atoms with Gasteiger partial charge in [0.25, 0.3) is 0 Å². The highest BCUT2D eigenvalue weighted by Gasteiger charge is 2.09. The first kappa shape index (κ1) is 14.9. The van der Waals surface area contributed by atoms with E-state index in [2.05, 4.69) is 30.1 Å². The highest BCUT2D eigenvalue weighted by molar-refractivity contribution is 5.95. The fraction of sp³-hybridized carbons (Fsp3) is 0.0500. The highest BCUT2D eigenvalue weighted by atomic mass is 16.4. The lowest BCUT2D eigenvalue weighted by Crippen LogP contribution is -2.04. The number of carboxylic acids is 1. The first-order valence-electron chi connectivity index (χ1n) is 7.39. The first-order valence-corrected chi connectivity index (χ1v) is 7.39. The van der Waals surface area contributed by atoms with Crippen LogP contribution in [0.2, 0.25) is 0 Å². The molecule has 2 N–H and O–H groups in total. The zero-order valence-electron chi connectivity index (χ0n) is 12.6. The maximum atomic E-state index is 11.0. The van der Waals surface area contributed by atoms with Crippen molar-refractivity contribution in [3.8, 4) is 0 Å². The lowest BCUT2D eigenvalue weighted by atomic mass is 10.0. The number of aliphatic carboxylic acids is 1. The first-order chi connectivity index (χ1) is 11.1. The second-order valence-corrected chi connectivity index (χ2v) is 5.39. The number of rotatable bonds is 5. The number of carbonyl (C=O) groups is 1. The summed E-state index contributed by atoms with van der Waals surface area (Å²) in [4.78, 5) is 11.0. The molecule has 0 fully saturated rings. The van der Waals surface area contributed by atoms with Gasteiger partial charge in [-0.05, 0) is 23.1 Å². The molecule has 114 valence electrons. The maximum Gasteiger partial charge on any atom is 0.331 e. The standard InChI is InChI=1S/C20H17NO2/c1-14(20(22)23)13-16-8-3-5-11-18(16)21-19-12-6-9-15-7-2-4-10-17(15)19/h2-12,21H,1,13H2,(H,22,23). The molecule has 0 aliphatic heterocycles. The fourth-order valence-electron chi connectivity index (χ4n) is 2.58. The van der Waals surface area contributed by atoms with Gasteiger partial charge in [0.15, 0.2) is 0 Å². The number of hydrogen-bond donors (Lipinski definition) is 2. The zero-order chi connectivity index (χ0) is 16.2. The molecule has 0 aromatic heterocycles. The number of carboxylic acid groups (broad SMARTS) is 1. The van der Waals surface area contributed by atoms with E-state index < -0.39 is 5.97 Å². The summed E-state index contributed by atoms with van der Waals surface area (Å²) in [6.07, 6.45) is 0.309. The minimum atomic E-state index is -0.968. The van der Waals surface area contributed by atoms with Gasteiger partial charge in [0, 0.05) is 28.8 Å². The van der Waals surface area contributed by atoms with E-state index in [-0.39, 0.29) is 5.57 Å². The molecule has 0 radical (unpaired) electrons. The summed E-state index contributed by atoms with van der Waals surface area (Å²) in [5, 5.41) is 14.8. The van der Waals surface area contributed by atoms with E-state index in [9.17, 15) is 4.79 Å². The van der Waals surface area contributed by atoms with E-state index in [1.807, 2.05) is 48.5 Å². The van der Waals surface area contributed by atoms with Crippen LogP contribution >= 0.6 is 0 Å². The SMILES string of the molecule is C=C(Cc1ccccc1Nc1cccc2ccccc12)C(=O)O. The van der Waals surface area contributed by atoms with Crippen molar-refractivity contribution in [3.63, 3.8) is 0 Å². The normalized spacial score (nSPS) is 10.4. The van der Waals surface area contributed by atoms with Crippen molar-refractivity contribution >= 4 is 28.1 Å². The van der Waals surface area contributed by atoms with Crippen LogP contribution in [-0.2, 0) is 11.2 Å². The summed E-state index contributed by atoms with van der Waals surface area (Å²) >= 11 is 0. The Morgan fingerprint density at radius 1 is 0.913 bits per heavy atom. The Morgan fingerprint density at radius 3 is 2.39 bits per heavy atom. The van der Waals surface area contributed by atoms with Crippen LogP contribution in [0.1, 0.15) is 5.56 Å². The predicted molar refractivity (Wildman–Crippen MR) is 94.2 cm³/mol. The fourth-order valence-corrected chi connectivity index (χ4v) is 2.58. The van der Waals surface area contributed by atoms with Crippen LogP contribution in [0, 0.1) is 0 Å². The molecule has 3 rings (SSSR count). The minimum absolute atomic E-state index is 0.178. The molecule has 0 spiro atoms. The van der Waals surface area contributed by atoms with Crippen LogP contribution in [0.5, 0.6) is 0 Å². The van der Waals surface area contributed by atoms with E-state index in [0.717, 1.165) is 27.7 Å². The van der Waals surface area contributed by atoms with Gasteiger partial charge in [-0.2, -0.15) is 0 Å². The Labute approximate surface area is 134 Å². The molecule has 0 atom stereocenters. The number of benzene rings is 3. The molecule has 3 heteroatoms. The molecular formula is C20H17NO2. The van der Waals surface area contributed by atoms with E-state index in [0.29, 0.717) is 6.42 Å². The molecular weight excluding hydrogens is 286 g/mol.